The molecule has 0 aliphatic rings. The van der Waals surface area contributed by atoms with Gasteiger partial charge in [-0.1, -0.05) is 22.6 Å². The molecule has 140 valence electrons. The van der Waals surface area contributed by atoms with Gasteiger partial charge in [0, 0.05) is 23.7 Å². The summed E-state index contributed by atoms with van der Waals surface area (Å²) in [6.45, 7) is 3.76. The maximum Gasteiger partial charge on any atom is 0.271 e. The number of halogens is 1. The number of carbonyl (C=O) groups excluding carboxylic acids is 1. The van der Waals surface area contributed by atoms with Crippen molar-refractivity contribution in [1.29, 1.82) is 0 Å². The molecule has 0 spiro atoms. The van der Waals surface area contributed by atoms with Gasteiger partial charge >= 0.3 is 0 Å². The largest absolute Gasteiger partial charge is 0.487 e. The number of thiazole rings is 1. The van der Waals surface area contributed by atoms with Crippen LogP contribution in [0.15, 0.2) is 28.6 Å². The number of anilines is 1. The summed E-state index contributed by atoms with van der Waals surface area (Å²) in [5.74, 6) is 0.144. The fraction of sp³-hybridized carbons (Fsp3) is 0.353. The van der Waals surface area contributed by atoms with E-state index in [1.165, 1.54) is 7.05 Å². The lowest BCUT2D eigenvalue weighted by atomic mass is 10.1. The van der Waals surface area contributed by atoms with E-state index in [-0.39, 0.29) is 12.3 Å². The van der Waals surface area contributed by atoms with Crippen molar-refractivity contribution >= 4 is 51.2 Å². The zero-order chi connectivity index (χ0) is 19.3. The number of hydrogen-bond acceptors (Lipinski definition) is 7. The van der Waals surface area contributed by atoms with Gasteiger partial charge in [-0.3, -0.25) is 9.79 Å². The van der Waals surface area contributed by atoms with Crippen molar-refractivity contribution in [2.24, 2.45) is 4.99 Å². The Hall–Kier alpha value is -1.72. The van der Waals surface area contributed by atoms with Gasteiger partial charge in [0.15, 0.2) is 0 Å². The van der Waals surface area contributed by atoms with Crippen molar-refractivity contribution in [2.45, 2.75) is 24.0 Å². The van der Waals surface area contributed by atoms with Crippen molar-refractivity contribution in [3.05, 3.63) is 39.8 Å². The molecule has 0 aliphatic carbocycles. The van der Waals surface area contributed by atoms with E-state index in [1.54, 1.807) is 36.5 Å². The van der Waals surface area contributed by atoms with Crippen LogP contribution >= 0.6 is 33.9 Å². The second-order valence-electron chi connectivity index (χ2n) is 5.78. The summed E-state index contributed by atoms with van der Waals surface area (Å²) < 4.78 is 4.96. The molecule has 9 heteroatoms. The number of nitrogens with zero attached hydrogens (tertiary/aromatic N) is 2. The van der Waals surface area contributed by atoms with Crippen LogP contribution in [0.3, 0.4) is 0 Å². The minimum atomic E-state index is -0.796. The van der Waals surface area contributed by atoms with Gasteiger partial charge in [0.05, 0.1) is 17.3 Å². The highest BCUT2D eigenvalue weighted by Crippen LogP contribution is 2.23. The first-order valence-corrected chi connectivity index (χ1v) is 9.74. The summed E-state index contributed by atoms with van der Waals surface area (Å²) in [5.41, 5.74) is 7.94. The Kier molecular flexibility index (Phi) is 6.95. The molecular formula is C17H21IN4O3S. The van der Waals surface area contributed by atoms with Crippen LogP contribution in [0.4, 0.5) is 5.69 Å². The zero-order valence-electron chi connectivity index (χ0n) is 14.7. The summed E-state index contributed by atoms with van der Waals surface area (Å²) in [5, 5.41) is 15.0. The lowest BCUT2D eigenvalue weighted by molar-refractivity contribution is -0.115. The Balaban J connectivity index is 2.20. The average Bonchev–Trinajstić information content (AvgIpc) is 3.01. The SMILES string of the molecule is CN=C(C(=O)NC(C)(I)CO)c1cc(OCc2csc(C)n2)ccc1N. The minimum absolute atomic E-state index is 0.175. The van der Waals surface area contributed by atoms with Crippen molar-refractivity contribution < 1.29 is 14.6 Å². The summed E-state index contributed by atoms with van der Waals surface area (Å²) in [6, 6.07) is 5.09. The zero-order valence-corrected chi connectivity index (χ0v) is 17.7. The van der Waals surface area contributed by atoms with Gasteiger partial charge in [-0.05, 0) is 32.0 Å². The first-order valence-electron chi connectivity index (χ1n) is 7.78. The number of aliphatic imine (C=N–C) groups is 1. The van der Waals surface area contributed by atoms with E-state index in [9.17, 15) is 9.90 Å². The molecule has 1 heterocycles. The lowest BCUT2D eigenvalue weighted by Crippen LogP contribution is -2.46. The molecular weight excluding hydrogens is 467 g/mol. The smallest absolute Gasteiger partial charge is 0.271 e. The van der Waals surface area contributed by atoms with Gasteiger partial charge in [-0.2, -0.15) is 0 Å². The number of carbonyl (C=O) groups is 1. The Labute approximate surface area is 169 Å². The van der Waals surface area contributed by atoms with Crippen LogP contribution in [0, 0.1) is 6.92 Å². The molecule has 1 atom stereocenters. The van der Waals surface area contributed by atoms with Gasteiger partial charge in [-0.15, -0.1) is 11.3 Å². The van der Waals surface area contributed by atoms with E-state index in [0.29, 0.717) is 23.6 Å². The quantitative estimate of drug-likeness (QED) is 0.182. The highest BCUT2D eigenvalue weighted by atomic mass is 127. The van der Waals surface area contributed by atoms with Gasteiger partial charge < -0.3 is 20.9 Å². The Morgan fingerprint density at radius 3 is 2.85 bits per heavy atom. The monoisotopic (exact) mass is 488 g/mol. The first-order chi connectivity index (χ1) is 12.3. The third-order valence-corrected chi connectivity index (χ3v) is 4.88. The molecule has 2 rings (SSSR count). The molecule has 0 saturated carbocycles. The molecule has 0 saturated heterocycles. The topological polar surface area (TPSA) is 110 Å². The number of ether oxygens (including phenoxy) is 1. The highest BCUT2D eigenvalue weighted by molar-refractivity contribution is 14.1. The molecule has 1 aromatic heterocycles. The first kappa shape index (κ1) is 20.6. The predicted octanol–water partition coefficient (Wildman–Crippen LogP) is 2.29. The molecule has 26 heavy (non-hydrogen) atoms. The van der Waals surface area contributed by atoms with Gasteiger partial charge in [0.2, 0.25) is 0 Å². The lowest BCUT2D eigenvalue weighted by Gasteiger charge is -2.22. The van der Waals surface area contributed by atoms with Gasteiger partial charge in [0.25, 0.3) is 5.91 Å². The van der Waals surface area contributed by atoms with Crippen LogP contribution < -0.4 is 15.8 Å². The second kappa shape index (κ2) is 8.78. The Bertz CT molecular complexity index is 820. The molecule has 1 unspecified atom stereocenters. The second-order valence-corrected chi connectivity index (χ2v) is 9.22. The number of aliphatic hydroxyl groups is 1. The van der Waals surface area contributed by atoms with Crippen LogP contribution in [0.1, 0.15) is 23.2 Å². The van der Waals surface area contributed by atoms with E-state index in [0.717, 1.165) is 10.7 Å². The summed E-state index contributed by atoms with van der Waals surface area (Å²) in [7, 11) is 1.52. The van der Waals surface area contributed by atoms with Crippen LogP contribution in [0.5, 0.6) is 5.75 Å². The number of rotatable bonds is 7. The molecule has 0 aliphatic heterocycles. The van der Waals surface area contributed by atoms with Gasteiger partial charge in [0.1, 0.15) is 21.6 Å². The molecule has 1 aromatic carbocycles. The standard InChI is InChI=1S/C17H21IN4O3S/c1-10-21-11(8-26-10)7-25-12-4-5-14(19)13(6-12)15(20-3)16(24)22-17(2,18)9-23/h4-6,8,23H,7,9,19H2,1-3H3,(H,22,24). The molecule has 0 fully saturated rings. The van der Waals surface area contributed by atoms with E-state index in [4.69, 9.17) is 10.5 Å². The third kappa shape index (κ3) is 5.39. The number of nitrogens with one attached hydrogen (secondary N) is 1. The summed E-state index contributed by atoms with van der Waals surface area (Å²) in [6.07, 6.45) is 0. The number of aliphatic hydroxyl groups excluding tert-OH is 1. The number of nitrogen functional groups attached to an aromatic ring is 1. The molecule has 7 nitrogen and oxygen atoms in total. The summed E-state index contributed by atoms with van der Waals surface area (Å²) >= 11 is 3.52. The summed E-state index contributed by atoms with van der Waals surface area (Å²) in [4.78, 5) is 21.0. The fourth-order valence-corrected chi connectivity index (χ4v) is 2.98. The number of alkyl halides is 1. The Morgan fingerprint density at radius 2 is 2.27 bits per heavy atom. The molecule has 4 N–H and O–H groups in total. The van der Waals surface area contributed by atoms with Gasteiger partial charge in [-0.25, -0.2) is 4.98 Å². The van der Waals surface area contributed by atoms with Crippen molar-refractivity contribution in [2.75, 3.05) is 19.4 Å². The van der Waals surface area contributed by atoms with E-state index < -0.39 is 9.45 Å². The number of aromatic nitrogens is 1. The third-order valence-electron chi connectivity index (χ3n) is 3.44. The number of amides is 1. The number of nitrogens with two attached hydrogens (primary N) is 1. The molecule has 1 amide bonds. The van der Waals surface area contributed by atoms with Crippen LogP contribution in [0.25, 0.3) is 0 Å². The van der Waals surface area contributed by atoms with E-state index in [1.807, 2.05) is 34.9 Å². The average molecular weight is 488 g/mol. The Morgan fingerprint density at radius 1 is 1.54 bits per heavy atom. The van der Waals surface area contributed by atoms with Crippen LogP contribution in [-0.4, -0.2) is 38.9 Å². The number of benzene rings is 1. The van der Waals surface area contributed by atoms with E-state index in [2.05, 4.69) is 15.3 Å². The van der Waals surface area contributed by atoms with Crippen molar-refractivity contribution in [3.8, 4) is 5.75 Å². The predicted molar refractivity (Wildman–Crippen MR) is 112 cm³/mol. The maximum atomic E-state index is 12.5. The number of hydrogen-bond donors (Lipinski definition) is 3. The minimum Gasteiger partial charge on any atom is -0.487 e. The van der Waals surface area contributed by atoms with E-state index >= 15 is 0 Å². The molecule has 2 aromatic rings. The van der Waals surface area contributed by atoms with Crippen LogP contribution in [-0.2, 0) is 11.4 Å². The molecule has 0 bridgehead atoms. The highest BCUT2D eigenvalue weighted by Gasteiger charge is 2.25. The maximum absolute atomic E-state index is 12.5. The normalized spacial score (nSPS) is 14.0. The molecule has 0 radical (unpaired) electrons. The van der Waals surface area contributed by atoms with Crippen LogP contribution in [0.2, 0.25) is 0 Å². The fourth-order valence-electron chi connectivity index (χ4n) is 2.14. The van der Waals surface area contributed by atoms with Crippen molar-refractivity contribution in [1.82, 2.24) is 10.3 Å². The number of aryl methyl sites for hydroxylation is 1. The van der Waals surface area contributed by atoms with Crippen molar-refractivity contribution in [3.63, 3.8) is 0 Å².